The first-order chi connectivity index (χ1) is 15.1. The van der Waals surface area contributed by atoms with Crippen molar-refractivity contribution in [3.8, 4) is 0 Å². The number of aliphatic carboxylic acids is 1. The van der Waals surface area contributed by atoms with Crippen LogP contribution in [0.15, 0.2) is 54.6 Å². The van der Waals surface area contributed by atoms with Crippen LogP contribution < -0.4 is 10.2 Å². The summed E-state index contributed by atoms with van der Waals surface area (Å²) in [5, 5.41) is 11.9. The summed E-state index contributed by atoms with van der Waals surface area (Å²) >= 11 is 0. The predicted molar refractivity (Wildman–Crippen MR) is 117 cm³/mol. The van der Waals surface area contributed by atoms with E-state index in [2.05, 4.69) is 5.32 Å². The minimum absolute atomic E-state index is 0.0950. The summed E-state index contributed by atoms with van der Waals surface area (Å²) < 4.78 is 11.6. The van der Waals surface area contributed by atoms with Gasteiger partial charge in [0.25, 0.3) is 0 Å². The maximum atomic E-state index is 13.1. The molecule has 0 aromatic heterocycles. The van der Waals surface area contributed by atoms with Gasteiger partial charge in [0.15, 0.2) is 0 Å². The molecule has 3 rings (SSSR count). The molecule has 0 radical (unpaired) electrons. The van der Waals surface area contributed by atoms with Crippen LogP contribution in [0.2, 0.25) is 0 Å². The van der Waals surface area contributed by atoms with Gasteiger partial charge in [-0.3, -0.25) is 23.8 Å². The lowest BCUT2D eigenvalue weighted by Gasteiger charge is -2.26. The Morgan fingerprint density at radius 2 is 1.75 bits per heavy atom. The number of hydrogen-bond donors (Lipinski definition) is 4. The smallest absolute Gasteiger partial charge is 0.326 e. The SMILES string of the molecule is O=C(O)CN1C(=O)[C@@H](NC(=O)C(Cc2ccccc2)CP(=O)(O)O)CCc2ccccc21. The van der Waals surface area contributed by atoms with Crippen LogP contribution in [0.5, 0.6) is 0 Å². The number of fused-ring (bicyclic) bond motifs is 1. The van der Waals surface area contributed by atoms with Crippen molar-refractivity contribution < 1.29 is 33.8 Å². The van der Waals surface area contributed by atoms with E-state index in [1.54, 1.807) is 54.6 Å². The van der Waals surface area contributed by atoms with Gasteiger partial charge in [0.2, 0.25) is 11.8 Å². The van der Waals surface area contributed by atoms with E-state index in [1.165, 1.54) is 0 Å². The molecule has 10 heteroatoms. The molecule has 2 aromatic carbocycles. The Kier molecular flexibility index (Phi) is 7.45. The average Bonchev–Trinajstić information content (AvgIpc) is 2.85. The number of hydrogen-bond acceptors (Lipinski definition) is 4. The fourth-order valence-electron chi connectivity index (χ4n) is 3.86. The molecule has 32 heavy (non-hydrogen) atoms. The molecule has 1 aliphatic heterocycles. The number of carbonyl (C=O) groups excluding carboxylic acids is 2. The molecular weight excluding hydrogens is 435 g/mol. The van der Waals surface area contributed by atoms with E-state index in [-0.39, 0.29) is 12.8 Å². The Morgan fingerprint density at radius 1 is 1.09 bits per heavy atom. The summed E-state index contributed by atoms with van der Waals surface area (Å²) in [5.74, 6) is -3.47. The third-order valence-corrected chi connectivity index (χ3v) is 6.23. The second kappa shape index (κ2) is 10.1. The summed E-state index contributed by atoms with van der Waals surface area (Å²) in [7, 11) is -4.50. The first-order valence-corrected chi connectivity index (χ1v) is 11.9. The zero-order valence-electron chi connectivity index (χ0n) is 17.3. The topological polar surface area (TPSA) is 144 Å². The molecule has 1 heterocycles. The lowest BCUT2D eigenvalue weighted by atomic mass is 9.99. The van der Waals surface area contributed by atoms with Crippen molar-refractivity contribution >= 4 is 31.1 Å². The number of amides is 2. The Morgan fingerprint density at radius 3 is 2.41 bits per heavy atom. The highest BCUT2D eigenvalue weighted by atomic mass is 31.2. The van der Waals surface area contributed by atoms with E-state index in [0.717, 1.165) is 16.0 Å². The second-order valence-corrected chi connectivity index (χ2v) is 9.48. The zero-order valence-corrected chi connectivity index (χ0v) is 18.1. The average molecular weight is 460 g/mol. The van der Waals surface area contributed by atoms with Crippen LogP contribution in [-0.2, 0) is 31.8 Å². The van der Waals surface area contributed by atoms with Crippen molar-refractivity contribution in [2.75, 3.05) is 17.6 Å². The fraction of sp³-hybridized carbons (Fsp3) is 0.318. The van der Waals surface area contributed by atoms with Gasteiger partial charge in [-0.2, -0.15) is 0 Å². The van der Waals surface area contributed by atoms with Gasteiger partial charge in [0.05, 0.1) is 12.1 Å². The molecule has 9 nitrogen and oxygen atoms in total. The molecule has 0 saturated carbocycles. The molecule has 0 fully saturated rings. The van der Waals surface area contributed by atoms with Crippen molar-refractivity contribution in [1.29, 1.82) is 0 Å². The van der Waals surface area contributed by atoms with Gasteiger partial charge in [-0.25, -0.2) is 0 Å². The van der Waals surface area contributed by atoms with Crippen LogP contribution >= 0.6 is 7.60 Å². The van der Waals surface area contributed by atoms with E-state index in [1.807, 2.05) is 0 Å². The van der Waals surface area contributed by atoms with Gasteiger partial charge < -0.3 is 20.2 Å². The second-order valence-electron chi connectivity index (χ2n) is 7.78. The predicted octanol–water partition coefficient (Wildman–Crippen LogP) is 1.57. The third kappa shape index (κ3) is 6.26. The Balaban J connectivity index is 1.82. The first-order valence-electron chi connectivity index (χ1n) is 10.1. The molecule has 0 spiro atoms. The number of anilines is 1. The molecule has 1 unspecified atom stereocenters. The molecule has 2 atom stereocenters. The molecule has 2 amide bonds. The highest BCUT2D eigenvalue weighted by Crippen LogP contribution is 2.38. The quantitative estimate of drug-likeness (QED) is 0.438. The summed E-state index contributed by atoms with van der Waals surface area (Å²) in [5.41, 5.74) is 2.00. The maximum absolute atomic E-state index is 13.1. The fourth-order valence-corrected chi connectivity index (χ4v) is 4.73. The van der Waals surface area contributed by atoms with Crippen LogP contribution in [0, 0.1) is 5.92 Å². The van der Waals surface area contributed by atoms with Crippen LogP contribution in [0.3, 0.4) is 0 Å². The molecule has 4 N–H and O–H groups in total. The molecule has 170 valence electrons. The largest absolute Gasteiger partial charge is 0.480 e. The number of rotatable bonds is 8. The normalized spacial score (nSPS) is 17.2. The summed E-state index contributed by atoms with van der Waals surface area (Å²) in [6.07, 6.45) is 0.113. The van der Waals surface area contributed by atoms with E-state index >= 15 is 0 Å². The number of para-hydroxylation sites is 1. The van der Waals surface area contributed by atoms with Crippen molar-refractivity contribution in [1.82, 2.24) is 5.32 Å². The van der Waals surface area contributed by atoms with E-state index < -0.39 is 50.0 Å². The van der Waals surface area contributed by atoms with Gasteiger partial charge in [-0.1, -0.05) is 48.5 Å². The Hall–Kier alpha value is -3.00. The number of carbonyl (C=O) groups is 3. The number of carboxylic acid groups (broad SMARTS) is 1. The van der Waals surface area contributed by atoms with Crippen LogP contribution in [0.4, 0.5) is 5.69 Å². The van der Waals surface area contributed by atoms with Gasteiger partial charge in [-0.05, 0) is 36.5 Å². The molecule has 0 saturated heterocycles. The summed E-state index contributed by atoms with van der Waals surface area (Å²) in [6, 6.07) is 14.8. The lowest BCUT2D eigenvalue weighted by molar-refractivity contribution is -0.137. The molecule has 0 aliphatic carbocycles. The Labute approximate surface area is 185 Å². The number of nitrogens with one attached hydrogen (secondary N) is 1. The molecule has 0 bridgehead atoms. The van der Waals surface area contributed by atoms with E-state index in [9.17, 15) is 33.8 Å². The maximum Gasteiger partial charge on any atom is 0.326 e. The van der Waals surface area contributed by atoms with Gasteiger partial charge in [-0.15, -0.1) is 0 Å². The van der Waals surface area contributed by atoms with Crippen molar-refractivity contribution in [2.24, 2.45) is 5.92 Å². The number of aryl methyl sites for hydroxylation is 1. The third-order valence-electron chi connectivity index (χ3n) is 5.31. The summed E-state index contributed by atoms with van der Waals surface area (Å²) in [6.45, 7) is -0.557. The minimum Gasteiger partial charge on any atom is -0.480 e. The van der Waals surface area contributed by atoms with Crippen molar-refractivity contribution in [2.45, 2.75) is 25.3 Å². The lowest BCUT2D eigenvalue weighted by Crippen LogP contribution is -2.51. The van der Waals surface area contributed by atoms with Crippen molar-refractivity contribution in [3.63, 3.8) is 0 Å². The number of nitrogens with zero attached hydrogens (tertiary/aromatic N) is 1. The van der Waals surface area contributed by atoms with Gasteiger partial charge in [0.1, 0.15) is 12.6 Å². The molecule has 2 aromatic rings. The van der Waals surface area contributed by atoms with Gasteiger partial charge in [0, 0.05) is 5.69 Å². The van der Waals surface area contributed by atoms with Crippen molar-refractivity contribution in [3.05, 3.63) is 65.7 Å². The monoisotopic (exact) mass is 460 g/mol. The minimum atomic E-state index is -4.50. The Bertz CT molecular complexity index is 1040. The molecule has 1 aliphatic rings. The zero-order chi connectivity index (χ0) is 23.3. The molecular formula is C22H25N2O7P. The van der Waals surface area contributed by atoms with Crippen LogP contribution in [-0.4, -0.2) is 51.4 Å². The number of carboxylic acids is 1. The highest BCUT2D eigenvalue weighted by Gasteiger charge is 2.35. The number of benzene rings is 2. The van der Waals surface area contributed by atoms with Crippen LogP contribution in [0.25, 0.3) is 0 Å². The first kappa shape index (κ1) is 23.7. The highest BCUT2D eigenvalue weighted by molar-refractivity contribution is 7.51. The van der Waals surface area contributed by atoms with E-state index in [4.69, 9.17) is 0 Å². The standard InChI is InChI=1S/C22H25N2O7P/c25-20(26)13-24-19-9-5-4-8-16(19)10-11-18(22(24)28)23-21(27)17(14-32(29,30)31)12-15-6-2-1-3-7-15/h1-9,17-18H,10-14H2,(H,23,27)(H,25,26)(H2,29,30,31)/t17?,18-/m0/s1. The van der Waals surface area contributed by atoms with Gasteiger partial charge >= 0.3 is 13.6 Å². The van der Waals surface area contributed by atoms with Crippen LogP contribution in [0.1, 0.15) is 17.5 Å². The van der Waals surface area contributed by atoms with E-state index in [0.29, 0.717) is 12.1 Å². The summed E-state index contributed by atoms with van der Waals surface area (Å²) in [4.78, 5) is 57.6.